The topological polar surface area (TPSA) is 67.8 Å². The van der Waals surface area contributed by atoms with Gasteiger partial charge in [0.15, 0.2) is 0 Å². The molecule has 0 aliphatic rings. The molecule has 1 N–H and O–H groups in total. The average molecular weight is 372 g/mol. The molecule has 4 aromatic rings. The first-order chi connectivity index (χ1) is 13.3. The molecule has 0 saturated carbocycles. The Morgan fingerprint density at radius 3 is 2.59 bits per heavy atom. The Balaban J connectivity index is 1.57. The van der Waals surface area contributed by atoms with Crippen molar-refractivity contribution >= 4 is 34.3 Å². The number of thioether (sulfide) groups is 1. The van der Waals surface area contributed by atoms with Crippen LogP contribution in [0.25, 0.3) is 10.9 Å². The predicted octanol–water partition coefficient (Wildman–Crippen LogP) is 4.57. The highest BCUT2D eigenvalue weighted by Gasteiger charge is 2.14. The fraction of sp³-hybridized carbons (Fsp3) is 0.0476. The predicted molar refractivity (Wildman–Crippen MR) is 108 cm³/mol. The van der Waals surface area contributed by atoms with Gasteiger partial charge in [0, 0.05) is 35.9 Å². The Labute approximate surface area is 160 Å². The van der Waals surface area contributed by atoms with Gasteiger partial charge in [0.2, 0.25) is 0 Å². The molecule has 5 nitrogen and oxygen atoms in total. The molecule has 3 aromatic heterocycles. The molecule has 0 unspecified atom stereocenters. The van der Waals surface area contributed by atoms with E-state index in [4.69, 9.17) is 0 Å². The highest BCUT2D eigenvalue weighted by atomic mass is 32.2. The van der Waals surface area contributed by atoms with Gasteiger partial charge in [-0.15, -0.1) is 11.8 Å². The largest absolute Gasteiger partial charge is 0.321 e. The second-order valence-electron chi connectivity index (χ2n) is 5.83. The van der Waals surface area contributed by atoms with Gasteiger partial charge in [-0.1, -0.05) is 6.07 Å². The number of carbonyl (C=O) groups excluding carboxylic acids is 1. The molecule has 0 radical (unpaired) electrons. The molecule has 6 heteroatoms. The summed E-state index contributed by atoms with van der Waals surface area (Å²) in [5.41, 5.74) is 3.26. The summed E-state index contributed by atoms with van der Waals surface area (Å²) in [5, 5.41) is 4.60. The number of hydrogen-bond donors (Lipinski definition) is 1. The Kier molecular flexibility index (Phi) is 5.07. The van der Waals surface area contributed by atoms with Crippen molar-refractivity contribution in [2.24, 2.45) is 0 Å². The number of nitrogens with zero attached hydrogens (tertiary/aromatic N) is 3. The van der Waals surface area contributed by atoms with Crippen molar-refractivity contribution in [1.82, 2.24) is 15.0 Å². The van der Waals surface area contributed by atoms with Crippen LogP contribution in [0.4, 0.5) is 5.69 Å². The molecule has 0 aliphatic carbocycles. The number of amides is 1. The molecule has 0 spiro atoms. The summed E-state index contributed by atoms with van der Waals surface area (Å²) in [6, 6.07) is 17.0. The maximum Gasteiger partial charge on any atom is 0.258 e. The lowest BCUT2D eigenvalue weighted by Gasteiger charge is -2.11. The van der Waals surface area contributed by atoms with Crippen molar-refractivity contribution < 1.29 is 4.79 Å². The second kappa shape index (κ2) is 7.97. The first-order valence-electron chi connectivity index (χ1n) is 8.43. The summed E-state index contributed by atoms with van der Waals surface area (Å²) >= 11 is 1.53. The molecule has 0 bridgehead atoms. The SMILES string of the molecule is O=C(Nc1cccc2ncccc12)c1cccnc1SCc1ccncc1. The van der Waals surface area contributed by atoms with Crippen molar-refractivity contribution in [1.29, 1.82) is 0 Å². The first-order valence-corrected chi connectivity index (χ1v) is 9.41. The summed E-state index contributed by atoms with van der Waals surface area (Å²) in [6.45, 7) is 0. The Bertz CT molecular complexity index is 1080. The van der Waals surface area contributed by atoms with Gasteiger partial charge < -0.3 is 5.32 Å². The van der Waals surface area contributed by atoms with Crippen molar-refractivity contribution in [3.05, 3.63) is 90.5 Å². The second-order valence-corrected chi connectivity index (χ2v) is 6.79. The zero-order valence-corrected chi connectivity index (χ0v) is 15.2. The molecule has 1 amide bonds. The summed E-state index contributed by atoms with van der Waals surface area (Å²) in [7, 11) is 0. The lowest BCUT2D eigenvalue weighted by Crippen LogP contribution is -2.14. The maximum atomic E-state index is 12.9. The van der Waals surface area contributed by atoms with Crippen LogP contribution in [0.15, 0.2) is 84.4 Å². The van der Waals surface area contributed by atoms with Crippen LogP contribution in [0, 0.1) is 0 Å². The first kappa shape index (κ1) is 17.2. The number of pyridine rings is 3. The molecule has 0 saturated heterocycles. The number of nitrogens with one attached hydrogen (secondary N) is 1. The number of hydrogen-bond acceptors (Lipinski definition) is 5. The number of aromatic nitrogens is 3. The normalized spacial score (nSPS) is 10.7. The number of rotatable bonds is 5. The lowest BCUT2D eigenvalue weighted by atomic mass is 10.1. The highest BCUT2D eigenvalue weighted by molar-refractivity contribution is 7.98. The van der Waals surface area contributed by atoms with E-state index in [0.29, 0.717) is 10.6 Å². The standard InChI is InChI=1S/C21H16N4OS/c26-20(25-19-7-1-6-18-16(19)4-2-10-23-18)17-5-3-11-24-21(17)27-14-15-8-12-22-13-9-15/h1-13H,14H2,(H,25,26). The monoisotopic (exact) mass is 372 g/mol. The zero-order valence-electron chi connectivity index (χ0n) is 14.4. The molecular weight excluding hydrogens is 356 g/mol. The highest BCUT2D eigenvalue weighted by Crippen LogP contribution is 2.26. The Morgan fingerprint density at radius 2 is 1.70 bits per heavy atom. The van der Waals surface area contributed by atoms with E-state index in [2.05, 4.69) is 20.3 Å². The lowest BCUT2D eigenvalue weighted by molar-refractivity contribution is 0.102. The van der Waals surface area contributed by atoms with Crippen molar-refractivity contribution in [2.45, 2.75) is 10.8 Å². The molecule has 3 heterocycles. The van der Waals surface area contributed by atoms with Gasteiger partial charge in [-0.3, -0.25) is 14.8 Å². The van der Waals surface area contributed by atoms with E-state index in [9.17, 15) is 4.79 Å². The smallest absolute Gasteiger partial charge is 0.258 e. The molecule has 0 aliphatic heterocycles. The summed E-state index contributed by atoms with van der Waals surface area (Å²) < 4.78 is 0. The maximum absolute atomic E-state index is 12.9. The molecule has 132 valence electrons. The van der Waals surface area contributed by atoms with Gasteiger partial charge in [0.25, 0.3) is 5.91 Å². The zero-order chi connectivity index (χ0) is 18.5. The van der Waals surface area contributed by atoms with Gasteiger partial charge in [-0.25, -0.2) is 4.98 Å². The quantitative estimate of drug-likeness (QED) is 0.520. The summed E-state index contributed by atoms with van der Waals surface area (Å²) in [5.74, 6) is 0.537. The van der Waals surface area contributed by atoms with Crippen LogP contribution in [-0.2, 0) is 5.75 Å². The van der Waals surface area contributed by atoms with Crippen LogP contribution in [0.5, 0.6) is 0 Å². The molecular formula is C21H16N4OS. The average Bonchev–Trinajstić information content (AvgIpc) is 2.73. The molecule has 0 fully saturated rings. The number of benzene rings is 1. The number of carbonyl (C=O) groups is 1. The Hall–Kier alpha value is -3.25. The Morgan fingerprint density at radius 1 is 0.889 bits per heavy atom. The van der Waals surface area contributed by atoms with Crippen LogP contribution in [0.2, 0.25) is 0 Å². The fourth-order valence-electron chi connectivity index (χ4n) is 2.71. The van der Waals surface area contributed by atoms with Gasteiger partial charge in [0.05, 0.1) is 16.8 Å². The minimum atomic E-state index is -0.184. The van der Waals surface area contributed by atoms with Crippen LogP contribution < -0.4 is 5.32 Å². The molecule has 1 aromatic carbocycles. The van der Waals surface area contributed by atoms with E-state index in [-0.39, 0.29) is 5.91 Å². The third-order valence-electron chi connectivity index (χ3n) is 4.03. The van der Waals surface area contributed by atoms with E-state index >= 15 is 0 Å². The van der Waals surface area contributed by atoms with Crippen molar-refractivity contribution in [3.63, 3.8) is 0 Å². The summed E-state index contributed by atoms with van der Waals surface area (Å²) in [6.07, 6.45) is 6.96. The fourth-order valence-corrected chi connectivity index (χ4v) is 3.66. The third-order valence-corrected chi connectivity index (χ3v) is 5.11. The number of anilines is 1. The van der Waals surface area contributed by atoms with Crippen LogP contribution in [0.3, 0.4) is 0 Å². The molecule has 0 atom stereocenters. The van der Waals surface area contributed by atoms with Crippen molar-refractivity contribution in [3.8, 4) is 0 Å². The van der Waals surface area contributed by atoms with Crippen LogP contribution in [-0.4, -0.2) is 20.9 Å². The van der Waals surface area contributed by atoms with Gasteiger partial charge in [0.1, 0.15) is 5.03 Å². The molecule has 27 heavy (non-hydrogen) atoms. The van der Waals surface area contributed by atoms with E-state index < -0.39 is 0 Å². The van der Waals surface area contributed by atoms with Gasteiger partial charge in [-0.05, 0) is 54.1 Å². The van der Waals surface area contributed by atoms with Gasteiger partial charge in [-0.2, -0.15) is 0 Å². The van der Waals surface area contributed by atoms with E-state index in [1.807, 2.05) is 42.5 Å². The summed E-state index contributed by atoms with van der Waals surface area (Å²) in [4.78, 5) is 25.6. The molecule has 4 rings (SSSR count). The van der Waals surface area contributed by atoms with E-state index in [0.717, 1.165) is 27.9 Å². The van der Waals surface area contributed by atoms with Crippen LogP contribution in [0.1, 0.15) is 15.9 Å². The van der Waals surface area contributed by atoms with Crippen LogP contribution >= 0.6 is 11.8 Å². The number of fused-ring (bicyclic) bond motifs is 1. The van der Waals surface area contributed by atoms with E-state index in [1.165, 1.54) is 11.8 Å². The minimum absolute atomic E-state index is 0.184. The van der Waals surface area contributed by atoms with E-state index in [1.54, 1.807) is 36.9 Å². The third kappa shape index (κ3) is 3.96. The van der Waals surface area contributed by atoms with Gasteiger partial charge >= 0.3 is 0 Å². The minimum Gasteiger partial charge on any atom is -0.321 e. The van der Waals surface area contributed by atoms with Crippen molar-refractivity contribution in [2.75, 3.05) is 5.32 Å².